The molecular formula is C23H28N4O3. The van der Waals surface area contributed by atoms with E-state index in [1.807, 2.05) is 58.9 Å². The number of aromatic nitrogens is 3. The van der Waals surface area contributed by atoms with E-state index >= 15 is 0 Å². The van der Waals surface area contributed by atoms with E-state index < -0.39 is 5.97 Å². The topological polar surface area (TPSA) is 85.6 Å². The van der Waals surface area contributed by atoms with Gasteiger partial charge in [0, 0.05) is 29.6 Å². The lowest BCUT2D eigenvalue weighted by atomic mass is 10.1. The molecule has 0 unspecified atom stereocenters. The number of para-hydroxylation sites is 1. The van der Waals surface area contributed by atoms with Crippen LogP contribution >= 0.6 is 0 Å². The van der Waals surface area contributed by atoms with Crippen LogP contribution in [0.15, 0.2) is 24.3 Å². The van der Waals surface area contributed by atoms with E-state index in [-0.39, 0.29) is 18.9 Å². The van der Waals surface area contributed by atoms with Gasteiger partial charge in [-0.1, -0.05) is 25.1 Å². The van der Waals surface area contributed by atoms with Gasteiger partial charge in [-0.2, -0.15) is 5.10 Å². The molecule has 0 spiro atoms. The van der Waals surface area contributed by atoms with Crippen molar-refractivity contribution >= 4 is 23.2 Å². The van der Waals surface area contributed by atoms with Crippen LogP contribution < -0.4 is 5.32 Å². The third-order valence-electron chi connectivity index (χ3n) is 5.23. The molecule has 0 atom stereocenters. The number of fused-ring (bicyclic) bond motifs is 1. The quantitative estimate of drug-likeness (QED) is 0.603. The molecule has 0 radical (unpaired) electrons. The molecule has 1 aromatic carbocycles. The van der Waals surface area contributed by atoms with Crippen LogP contribution in [0.2, 0.25) is 0 Å². The maximum Gasteiger partial charge on any atom is 0.306 e. The number of hydrogen-bond donors (Lipinski definition) is 1. The molecule has 2 aromatic heterocycles. The van der Waals surface area contributed by atoms with E-state index in [1.165, 1.54) is 0 Å². The minimum atomic E-state index is -0.416. The van der Waals surface area contributed by atoms with Crippen molar-refractivity contribution < 1.29 is 14.3 Å². The summed E-state index contributed by atoms with van der Waals surface area (Å²) < 4.78 is 6.98. The summed E-state index contributed by atoms with van der Waals surface area (Å²) in [6.07, 6.45) is 1.47. The van der Waals surface area contributed by atoms with Gasteiger partial charge in [-0.25, -0.2) is 9.50 Å². The van der Waals surface area contributed by atoms with Gasteiger partial charge in [0.25, 0.3) is 5.91 Å². The average Bonchev–Trinajstić information content (AvgIpc) is 3.08. The minimum Gasteiger partial charge on any atom is -0.456 e. The number of hydrogen-bond acceptors (Lipinski definition) is 5. The third kappa shape index (κ3) is 4.67. The molecule has 0 aliphatic rings. The number of amides is 1. The van der Waals surface area contributed by atoms with Crippen LogP contribution in [0, 0.1) is 27.7 Å². The zero-order chi connectivity index (χ0) is 21.8. The van der Waals surface area contributed by atoms with Crippen LogP contribution in [-0.4, -0.2) is 33.1 Å². The molecule has 30 heavy (non-hydrogen) atoms. The van der Waals surface area contributed by atoms with Crippen molar-refractivity contribution in [2.75, 3.05) is 11.9 Å². The molecule has 0 aliphatic heterocycles. The smallest absolute Gasteiger partial charge is 0.306 e. The second-order valence-electron chi connectivity index (χ2n) is 7.49. The van der Waals surface area contributed by atoms with Crippen molar-refractivity contribution in [1.82, 2.24) is 14.6 Å². The Labute approximate surface area is 176 Å². The van der Waals surface area contributed by atoms with Gasteiger partial charge in [0.15, 0.2) is 12.3 Å². The van der Waals surface area contributed by atoms with Crippen LogP contribution in [-0.2, 0) is 27.2 Å². The predicted molar refractivity (Wildman–Crippen MR) is 116 cm³/mol. The van der Waals surface area contributed by atoms with Crippen LogP contribution in [0.25, 0.3) is 5.65 Å². The normalized spacial score (nSPS) is 11.0. The molecule has 3 rings (SSSR count). The molecule has 0 fully saturated rings. The van der Waals surface area contributed by atoms with Crippen molar-refractivity contribution in [2.24, 2.45) is 0 Å². The van der Waals surface area contributed by atoms with Crippen molar-refractivity contribution in [3.8, 4) is 0 Å². The molecule has 0 saturated heterocycles. The lowest BCUT2D eigenvalue weighted by Gasteiger charge is -2.13. The first-order valence-corrected chi connectivity index (χ1v) is 10.2. The first kappa shape index (κ1) is 21.5. The van der Waals surface area contributed by atoms with Crippen LogP contribution in [0.4, 0.5) is 5.69 Å². The number of carbonyl (C=O) groups is 2. The number of rotatable bonds is 7. The largest absolute Gasteiger partial charge is 0.456 e. The van der Waals surface area contributed by atoms with Crippen molar-refractivity contribution in [1.29, 1.82) is 0 Å². The second-order valence-corrected chi connectivity index (χ2v) is 7.49. The van der Waals surface area contributed by atoms with E-state index in [4.69, 9.17) is 4.74 Å². The summed E-state index contributed by atoms with van der Waals surface area (Å²) in [6.45, 7) is 9.49. The van der Waals surface area contributed by atoms with E-state index in [0.29, 0.717) is 6.42 Å². The standard InChI is InChI=1S/C23H28N4O3/c1-6-18-9-7-8-14(2)23(18)25-21(28)13-30-22(29)11-10-19-16(4)24-20-12-15(3)26-27(20)17(19)5/h7-9,12H,6,10-11,13H2,1-5H3,(H,25,28). The van der Waals surface area contributed by atoms with Gasteiger partial charge in [0.2, 0.25) is 0 Å². The van der Waals surface area contributed by atoms with Gasteiger partial charge in [0.05, 0.1) is 5.69 Å². The minimum absolute atomic E-state index is 0.174. The summed E-state index contributed by atoms with van der Waals surface area (Å²) in [7, 11) is 0. The monoisotopic (exact) mass is 408 g/mol. The third-order valence-corrected chi connectivity index (χ3v) is 5.23. The number of carbonyl (C=O) groups excluding carboxylic acids is 2. The molecule has 7 heteroatoms. The molecule has 2 heterocycles. The number of nitrogens with zero attached hydrogens (tertiary/aromatic N) is 3. The maximum atomic E-state index is 12.3. The fourth-order valence-corrected chi connectivity index (χ4v) is 3.63. The van der Waals surface area contributed by atoms with Crippen LogP contribution in [0.5, 0.6) is 0 Å². The predicted octanol–water partition coefficient (Wildman–Crippen LogP) is 3.64. The summed E-state index contributed by atoms with van der Waals surface area (Å²) >= 11 is 0. The van der Waals surface area contributed by atoms with Crippen molar-refractivity contribution in [2.45, 2.75) is 53.9 Å². The Morgan fingerprint density at radius 3 is 2.67 bits per heavy atom. The van der Waals surface area contributed by atoms with Crippen LogP contribution in [0.3, 0.4) is 0 Å². The highest BCUT2D eigenvalue weighted by molar-refractivity contribution is 5.94. The van der Waals surface area contributed by atoms with E-state index in [9.17, 15) is 9.59 Å². The summed E-state index contributed by atoms with van der Waals surface area (Å²) in [6, 6.07) is 7.81. The van der Waals surface area contributed by atoms with Gasteiger partial charge in [-0.05, 0) is 57.2 Å². The molecule has 0 aliphatic carbocycles. The zero-order valence-corrected chi connectivity index (χ0v) is 18.2. The molecule has 1 amide bonds. The Hall–Kier alpha value is -3.22. The summed E-state index contributed by atoms with van der Waals surface area (Å²) in [4.78, 5) is 29.0. The molecule has 0 saturated carbocycles. The lowest BCUT2D eigenvalue weighted by molar-refractivity contribution is -0.147. The summed E-state index contributed by atoms with van der Waals surface area (Å²) in [5.74, 6) is -0.754. The Morgan fingerprint density at radius 2 is 1.93 bits per heavy atom. The Kier molecular flexibility index (Phi) is 6.50. The van der Waals surface area contributed by atoms with Crippen molar-refractivity contribution in [3.05, 3.63) is 58.0 Å². The Bertz CT molecular complexity index is 1100. The number of ether oxygens (including phenoxy) is 1. The molecule has 3 aromatic rings. The average molecular weight is 409 g/mol. The van der Waals surface area contributed by atoms with Gasteiger partial charge < -0.3 is 10.1 Å². The highest BCUT2D eigenvalue weighted by Crippen LogP contribution is 2.21. The van der Waals surface area contributed by atoms with Crippen molar-refractivity contribution in [3.63, 3.8) is 0 Å². The highest BCUT2D eigenvalue weighted by atomic mass is 16.5. The van der Waals surface area contributed by atoms with Gasteiger partial charge in [0.1, 0.15) is 0 Å². The maximum absolute atomic E-state index is 12.3. The van der Waals surface area contributed by atoms with E-state index in [0.717, 1.165) is 51.5 Å². The Balaban J connectivity index is 1.57. The van der Waals surface area contributed by atoms with Gasteiger partial charge >= 0.3 is 5.97 Å². The van der Waals surface area contributed by atoms with Gasteiger partial charge in [-0.3, -0.25) is 9.59 Å². The SMILES string of the molecule is CCc1cccc(C)c1NC(=O)COC(=O)CCc1c(C)nc2cc(C)nn2c1C. The number of nitrogens with one attached hydrogen (secondary N) is 1. The van der Waals surface area contributed by atoms with Gasteiger partial charge in [-0.15, -0.1) is 0 Å². The molecular weight excluding hydrogens is 380 g/mol. The van der Waals surface area contributed by atoms with E-state index in [1.54, 1.807) is 4.52 Å². The first-order valence-electron chi connectivity index (χ1n) is 10.2. The molecule has 1 N–H and O–H groups in total. The van der Waals surface area contributed by atoms with E-state index in [2.05, 4.69) is 15.4 Å². The number of esters is 1. The summed E-state index contributed by atoms with van der Waals surface area (Å²) in [5, 5.41) is 7.31. The summed E-state index contributed by atoms with van der Waals surface area (Å²) in [5.41, 5.74) is 7.33. The number of aryl methyl sites for hydroxylation is 5. The highest BCUT2D eigenvalue weighted by Gasteiger charge is 2.15. The molecule has 0 bridgehead atoms. The first-order chi connectivity index (χ1) is 14.3. The second kappa shape index (κ2) is 9.07. The lowest BCUT2D eigenvalue weighted by Crippen LogP contribution is -2.22. The van der Waals surface area contributed by atoms with Crippen LogP contribution in [0.1, 0.15) is 47.1 Å². The number of anilines is 1. The zero-order valence-electron chi connectivity index (χ0n) is 18.2. The molecule has 158 valence electrons. The fourth-order valence-electron chi connectivity index (χ4n) is 3.63. The number of benzene rings is 1. The molecule has 7 nitrogen and oxygen atoms in total. The Morgan fingerprint density at radius 1 is 1.17 bits per heavy atom. The fraction of sp³-hybridized carbons (Fsp3) is 0.391.